The zero-order valence-electron chi connectivity index (χ0n) is 18.0. The number of ether oxygens (including phenoxy) is 2. The summed E-state index contributed by atoms with van der Waals surface area (Å²) in [4.78, 5) is 12.9. The van der Waals surface area contributed by atoms with E-state index >= 15 is 0 Å². The molecule has 3 rings (SSSR count). The minimum Gasteiger partial charge on any atom is -0.497 e. The molecule has 3 N–H and O–H groups in total. The van der Waals surface area contributed by atoms with E-state index in [-0.39, 0.29) is 18.3 Å². The molecule has 2 aliphatic carbocycles. The Morgan fingerprint density at radius 2 is 1.72 bits per heavy atom. The van der Waals surface area contributed by atoms with Crippen molar-refractivity contribution in [3.63, 3.8) is 0 Å². The standard InChI is InChI=1S/C23H34O6/c1-14(2)17-10-11-21(3)19(18(24)22(4,26)12-13-23(17,21)27)29-20(25)15-6-8-16(28-5)9-7-15/h6-9,14,17-19,24,26-27H,10-13H2,1-5H3/t17-,18+,19-,21-,22-,23+/m1/s1. The lowest BCUT2D eigenvalue weighted by atomic mass is 9.65. The van der Waals surface area contributed by atoms with Crippen LogP contribution < -0.4 is 4.74 Å². The smallest absolute Gasteiger partial charge is 0.338 e. The summed E-state index contributed by atoms with van der Waals surface area (Å²) in [5, 5.41) is 33.8. The maximum atomic E-state index is 12.9. The largest absolute Gasteiger partial charge is 0.497 e. The number of carbonyl (C=O) groups is 1. The van der Waals surface area contributed by atoms with Crippen molar-refractivity contribution in [1.29, 1.82) is 0 Å². The van der Waals surface area contributed by atoms with E-state index < -0.39 is 34.8 Å². The number of rotatable bonds is 4. The molecule has 0 bridgehead atoms. The highest BCUT2D eigenvalue weighted by Crippen LogP contribution is 2.60. The number of benzene rings is 1. The van der Waals surface area contributed by atoms with E-state index in [1.54, 1.807) is 38.3 Å². The maximum Gasteiger partial charge on any atom is 0.338 e. The molecule has 0 saturated heterocycles. The molecule has 6 heteroatoms. The maximum absolute atomic E-state index is 12.9. The Morgan fingerprint density at radius 1 is 1.10 bits per heavy atom. The lowest BCUT2D eigenvalue weighted by Crippen LogP contribution is -2.58. The van der Waals surface area contributed by atoms with Crippen LogP contribution in [0.4, 0.5) is 0 Å². The van der Waals surface area contributed by atoms with Crippen molar-refractivity contribution in [2.24, 2.45) is 17.3 Å². The number of fused-ring (bicyclic) bond motifs is 1. The van der Waals surface area contributed by atoms with Crippen LogP contribution in [0.5, 0.6) is 5.75 Å². The molecular weight excluding hydrogens is 372 g/mol. The predicted octanol–water partition coefficient (Wildman–Crippen LogP) is 2.93. The summed E-state index contributed by atoms with van der Waals surface area (Å²) in [7, 11) is 1.55. The zero-order chi connectivity index (χ0) is 21.6. The minimum absolute atomic E-state index is 0.00999. The van der Waals surface area contributed by atoms with E-state index in [0.29, 0.717) is 24.2 Å². The Hall–Kier alpha value is -1.63. The molecule has 0 unspecified atom stereocenters. The van der Waals surface area contributed by atoms with Crippen LogP contribution in [0.3, 0.4) is 0 Å². The van der Waals surface area contributed by atoms with Gasteiger partial charge in [0, 0.05) is 5.41 Å². The first-order valence-electron chi connectivity index (χ1n) is 10.4. The third-order valence-electron chi connectivity index (χ3n) is 7.51. The van der Waals surface area contributed by atoms with Gasteiger partial charge in [-0.25, -0.2) is 4.79 Å². The molecule has 6 nitrogen and oxygen atoms in total. The topological polar surface area (TPSA) is 96.2 Å². The molecule has 0 aromatic heterocycles. The molecular formula is C23H34O6. The highest BCUT2D eigenvalue weighted by Gasteiger charge is 2.66. The van der Waals surface area contributed by atoms with E-state index in [2.05, 4.69) is 13.8 Å². The average Bonchev–Trinajstić information content (AvgIpc) is 2.93. The summed E-state index contributed by atoms with van der Waals surface area (Å²) in [6.07, 6.45) is -0.332. The van der Waals surface area contributed by atoms with Gasteiger partial charge >= 0.3 is 5.97 Å². The third-order valence-corrected chi connectivity index (χ3v) is 7.51. The van der Waals surface area contributed by atoms with Crippen LogP contribution in [0.25, 0.3) is 0 Å². The fourth-order valence-corrected chi connectivity index (χ4v) is 5.45. The van der Waals surface area contributed by atoms with Crippen molar-refractivity contribution >= 4 is 5.97 Å². The molecule has 0 spiro atoms. The zero-order valence-corrected chi connectivity index (χ0v) is 18.0. The quantitative estimate of drug-likeness (QED) is 0.666. The summed E-state index contributed by atoms with van der Waals surface area (Å²) in [5.41, 5.74) is -3.13. The van der Waals surface area contributed by atoms with Crippen molar-refractivity contribution in [3.05, 3.63) is 29.8 Å². The molecule has 2 aliphatic rings. The summed E-state index contributed by atoms with van der Waals surface area (Å²) in [5.74, 6) is 0.276. The second kappa shape index (κ2) is 7.56. The lowest BCUT2D eigenvalue weighted by molar-refractivity contribution is -0.177. The van der Waals surface area contributed by atoms with Crippen molar-refractivity contribution in [1.82, 2.24) is 0 Å². The Morgan fingerprint density at radius 3 is 2.28 bits per heavy atom. The van der Waals surface area contributed by atoms with Gasteiger partial charge in [-0.2, -0.15) is 0 Å². The Balaban J connectivity index is 1.97. The summed E-state index contributed by atoms with van der Waals surface area (Å²) in [6.45, 7) is 7.58. The Kier molecular flexibility index (Phi) is 5.75. The molecule has 1 aromatic carbocycles. The molecule has 6 atom stereocenters. The highest BCUT2D eigenvalue weighted by molar-refractivity contribution is 5.89. The highest BCUT2D eigenvalue weighted by atomic mass is 16.6. The van der Waals surface area contributed by atoms with Gasteiger partial charge in [-0.05, 0) is 68.7 Å². The molecule has 2 fully saturated rings. The normalized spacial score (nSPS) is 39.7. The van der Waals surface area contributed by atoms with Crippen LogP contribution in [0, 0.1) is 17.3 Å². The first-order valence-corrected chi connectivity index (χ1v) is 10.4. The molecule has 0 aliphatic heterocycles. The molecule has 1 aromatic rings. The fourth-order valence-electron chi connectivity index (χ4n) is 5.45. The fraction of sp³-hybridized carbons (Fsp3) is 0.696. The summed E-state index contributed by atoms with van der Waals surface area (Å²) >= 11 is 0. The lowest BCUT2D eigenvalue weighted by Gasteiger charge is -2.47. The third kappa shape index (κ3) is 3.56. The van der Waals surface area contributed by atoms with Crippen molar-refractivity contribution < 1.29 is 29.6 Å². The monoisotopic (exact) mass is 406 g/mol. The Labute approximate surface area is 172 Å². The van der Waals surface area contributed by atoms with Gasteiger partial charge in [-0.3, -0.25) is 0 Å². The van der Waals surface area contributed by atoms with Gasteiger partial charge in [0.25, 0.3) is 0 Å². The van der Waals surface area contributed by atoms with Crippen LogP contribution in [0.15, 0.2) is 24.3 Å². The average molecular weight is 407 g/mol. The number of methoxy groups -OCH3 is 1. The summed E-state index contributed by atoms with van der Waals surface area (Å²) < 4.78 is 11.0. The van der Waals surface area contributed by atoms with Crippen molar-refractivity contribution in [3.8, 4) is 5.75 Å². The van der Waals surface area contributed by atoms with Crippen LogP contribution in [0.2, 0.25) is 0 Å². The number of aliphatic hydroxyl groups is 3. The number of carbonyl (C=O) groups excluding carboxylic acids is 1. The van der Waals surface area contributed by atoms with Gasteiger partial charge in [0.05, 0.1) is 23.9 Å². The van der Waals surface area contributed by atoms with Crippen LogP contribution >= 0.6 is 0 Å². The number of aliphatic hydroxyl groups excluding tert-OH is 1. The van der Waals surface area contributed by atoms with E-state index in [1.165, 1.54) is 0 Å². The Bertz CT molecular complexity index is 742. The molecule has 0 amide bonds. The molecule has 0 radical (unpaired) electrons. The van der Waals surface area contributed by atoms with E-state index in [1.807, 2.05) is 6.92 Å². The molecule has 2 saturated carbocycles. The predicted molar refractivity (Wildman–Crippen MR) is 109 cm³/mol. The van der Waals surface area contributed by atoms with Crippen LogP contribution in [-0.4, -0.2) is 51.8 Å². The van der Waals surface area contributed by atoms with Crippen molar-refractivity contribution in [2.45, 2.75) is 76.8 Å². The SMILES string of the molecule is COc1ccc(C(=O)O[C@@H]2[C@H](O)[C@](C)(O)CC[C@]3(O)[C@@H](C(C)C)CC[C@]23C)cc1. The number of hydrogen-bond donors (Lipinski definition) is 3. The van der Waals surface area contributed by atoms with Gasteiger partial charge in [0.15, 0.2) is 0 Å². The summed E-state index contributed by atoms with van der Waals surface area (Å²) in [6, 6.07) is 6.53. The van der Waals surface area contributed by atoms with Gasteiger partial charge in [0.1, 0.15) is 18.0 Å². The number of hydrogen-bond acceptors (Lipinski definition) is 6. The van der Waals surface area contributed by atoms with Crippen LogP contribution in [-0.2, 0) is 4.74 Å². The van der Waals surface area contributed by atoms with E-state index in [0.717, 1.165) is 6.42 Å². The van der Waals surface area contributed by atoms with Crippen LogP contribution in [0.1, 0.15) is 63.7 Å². The van der Waals surface area contributed by atoms with Gasteiger partial charge in [0.2, 0.25) is 0 Å². The second-order valence-electron chi connectivity index (χ2n) is 9.59. The first kappa shape index (κ1) is 22.1. The van der Waals surface area contributed by atoms with Gasteiger partial charge in [-0.1, -0.05) is 20.8 Å². The minimum atomic E-state index is -1.46. The first-order chi connectivity index (χ1) is 13.5. The van der Waals surface area contributed by atoms with Gasteiger partial charge < -0.3 is 24.8 Å². The molecule has 0 heterocycles. The van der Waals surface area contributed by atoms with E-state index in [4.69, 9.17) is 9.47 Å². The van der Waals surface area contributed by atoms with Gasteiger partial charge in [-0.15, -0.1) is 0 Å². The number of esters is 1. The molecule has 29 heavy (non-hydrogen) atoms. The second-order valence-corrected chi connectivity index (χ2v) is 9.59. The molecule has 162 valence electrons. The van der Waals surface area contributed by atoms with E-state index in [9.17, 15) is 20.1 Å². The van der Waals surface area contributed by atoms with Crippen molar-refractivity contribution in [2.75, 3.05) is 7.11 Å².